The van der Waals surface area contributed by atoms with E-state index in [1.807, 2.05) is 6.92 Å². The highest BCUT2D eigenvalue weighted by atomic mass is 32.2. The Morgan fingerprint density at radius 2 is 1.86 bits per heavy atom. The van der Waals surface area contributed by atoms with E-state index < -0.39 is 10.0 Å². The lowest BCUT2D eigenvalue weighted by molar-refractivity contribution is -0.117. The second-order valence-corrected chi connectivity index (χ2v) is 7.23. The average Bonchev–Trinajstić information content (AvgIpc) is 2.45. The number of nitrogens with two attached hydrogens (primary N) is 1. The molecule has 1 atom stereocenters. The number of amides is 1. The van der Waals surface area contributed by atoms with Gasteiger partial charge in [-0.1, -0.05) is 13.3 Å². The van der Waals surface area contributed by atoms with E-state index in [4.69, 9.17) is 5.73 Å². The van der Waals surface area contributed by atoms with Crippen molar-refractivity contribution in [1.82, 2.24) is 4.31 Å². The fourth-order valence-corrected chi connectivity index (χ4v) is 2.69. The molecule has 7 heteroatoms. The number of carbonyl (C=O) groups excluding carboxylic acids is 1. The number of hydrogen-bond acceptors (Lipinski definition) is 4. The Bertz CT molecular complexity index is 564. The summed E-state index contributed by atoms with van der Waals surface area (Å²) in [5, 5.41) is 2.75. The van der Waals surface area contributed by atoms with Gasteiger partial charge in [-0.15, -0.1) is 0 Å². The number of carbonyl (C=O) groups is 1. The van der Waals surface area contributed by atoms with Crippen LogP contribution in [0.25, 0.3) is 0 Å². The summed E-state index contributed by atoms with van der Waals surface area (Å²) in [7, 11) is -0.495. The molecular weight excluding hydrogens is 290 g/mol. The number of sulfonamides is 1. The molecule has 0 aliphatic heterocycles. The van der Waals surface area contributed by atoms with Crippen LogP contribution in [-0.4, -0.2) is 39.3 Å². The third kappa shape index (κ3) is 4.80. The van der Waals surface area contributed by atoms with E-state index in [0.717, 1.165) is 10.7 Å². The van der Waals surface area contributed by atoms with Crippen molar-refractivity contribution in [3.63, 3.8) is 0 Å². The number of nitrogens with one attached hydrogen (secondary N) is 1. The first-order valence-electron chi connectivity index (χ1n) is 6.83. The van der Waals surface area contributed by atoms with Gasteiger partial charge in [0.05, 0.1) is 4.90 Å². The lowest BCUT2D eigenvalue weighted by atomic mass is 10.0. The minimum atomic E-state index is -3.44. The van der Waals surface area contributed by atoms with E-state index in [9.17, 15) is 13.2 Å². The Hall–Kier alpha value is -1.44. The maximum atomic E-state index is 11.9. The van der Waals surface area contributed by atoms with Crippen LogP contribution in [0.4, 0.5) is 5.69 Å². The highest BCUT2D eigenvalue weighted by Gasteiger charge is 2.17. The SMILES string of the molecule is CCC(CN)CC(=O)Nc1ccc(S(=O)(=O)N(C)C)cc1. The molecule has 1 unspecified atom stereocenters. The molecule has 6 nitrogen and oxygen atoms in total. The normalized spacial score (nSPS) is 13.2. The van der Waals surface area contributed by atoms with Gasteiger partial charge in [-0.3, -0.25) is 4.79 Å². The van der Waals surface area contributed by atoms with Gasteiger partial charge in [0.2, 0.25) is 15.9 Å². The summed E-state index contributed by atoms with van der Waals surface area (Å²) in [6, 6.07) is 6.12. The van der Waals surface area contributed by atoms with Crippen molar-refractivity contribution in [3.8, 4) is 0 Å². The van der Waals surface area contributed by atoms with E-state index in [2.05, 4.69) is 5.32 Å². The Balaban J connectivity index is 2.74. The van der Waals surface area contributed by atoms with E-state index >= 15 is 0 Å². The molecule has 0 saturated carbocycles. The number of rotatable bonds is 7. The fourth-order valence-electron chi connectivity index (χ4n) is 1.79. The number of hydrogen-bond donors (Lipinski definition) is 2. The second-order valence-electron chi connectivity index (χ2n) is 5.07. The minimum Gasteiger partial charge on any atom is -0.330 e. The fraction of sp³-hybridized carbons (Fsp3) is 0.500. The Labute approximate surface area is 126 Å². The van der Waals surface area contributed by atoms with E-state index in [1.54, 1.807) is 12.1 Å². The summed E-state index contributed by atoms with van der Waals surface area (Å²) in [5.41, 5.74) is 6.14. The van der Waals surface area contributed by atoms with E-state index in [1.165, 1.54) is 26.2 Å². The summed E-state index contributed by atoms with van der Waals surface area (Å²) in [6.45, 7) is 2.47. The van der Waals surface area contributed by atoms with Crippen LogP contribution in [-0.2, 0) is 14.8 Å². The third-order valence-corrected chi connectivity index (χ3v) is 5.13. The molecule has 0 radical (unpaired) electrons. The Kier molecular flexibility index (Phi) is 6.32. The minimum absolute atomic E-state index is 0.115. The Morgan fingerprint density at radius 3 is 2.29 bits per heavy atom. The topological polar surface area (TPSA) is 92.5 Å². The van der Waals surface area contributed by atoms with Crippen LogP contribution in [0.5, 0.6) is 0 Å². The molecule has 0 saturated heterocycles. The smallest absolute Gasteiger partial charge is 0.242 e. The molecule has 0 aliphatic carbocycles. The van der Waals surface area contributed by atoms with Crippen molar-refractivity contribution in [3.05, 3.63) is 24.3 Å². The molecule has 1 amide bonds. The van der Waals surface area contributed by atoms with Crippen molar-refractivity contribution in [1.29, 1.82) is 0 Å². The maximum Gasteiger partial charge on any atom is 0.242 e. The average molecular weight is 313 g/mol. The van der Waals surface area contributed by atoms with E-state index in [0.29, 0.717) is 18.7 Å². The summed E-state index contributed by atoms with van der Waals surface area (Å²) in [6.07, 6.45) is 1.22. The van der Waals surface area contributed by atoms with E-state index in [-0.39, 0.29) is 16.7 Å². The first-order valence-corrected chi connectivity index (χ1v) is 8.27. The van der Waals surface area contributed by atoms with Gasteiger partial charge in [-0.25, -0.2) is 12.7 Å². The molecule has 0 aromatic heterocycles. The molecule has 0 fully saturated rings. The predicted molar refractivity (Wildman–Crippen MR) is 83.4 cm³/mol. The van der Waals surface area contributed by atoms with Gasteiger partial charge >= 0.3 is 0 Å². The standard InChI is InChI=1S/C14H23N3O3S/c1-4-11(10-15)9-14(18)16-12-5-7-13(8-6-12)21(19,20)17(2)3/h5-8,11H,4,9-10,15H2,1-3H3,(H,16,18). The quantitative estimate of drug-likeness (QED) is 0.792. The zero-order chi connectivity index (χ0) is 16.0. The lowest BCUT2D eigenvalue weighted by Gasteiger charge is -2.13. The first kappa shape index (κ1) is 17.6. The number of nitrogens with zero attached hydrogens (tertiary/aromatic N) is 1. The molecular formula is C14H23N3O3S. The van der Waals surface area contributed by atoms with Crippen molar-refractivity contribution < 1.29 is 13.2 Å². The zero-order valence-electron chi connectivity index (χ0n) is 12.7. The maximum absolute atomic E-state index is 11.9. The van der Waals surface area contributed by atoms with Crippen LogP contribution in [0, 0.1) is 5.92 Å². The van der Waals surface area contributed by atoms with Crippen LogP contribution in [0.3, 0.4) is 0 Å². The van der Waals surface area contributed by atoms with Gasteiger partial charge in [0, 0.05) is 26.2 Å². The molecule has 1 aromatic carbocycles. The van der Waals surface area contributed by atoms with Crippen molar-refractivity contribution in [2.75, 3.05) is 26.0 Å². The highest BCUT2D eigenvalue weighted by Crippen LogP contribution is 2.17. The van der Waals surface area contributed by atoms with Gasteiger partial charge < -0.3 is 11.1 Å². The summed E-state index contributed by atoms with van der Waals surface area (Å²) >= 11 is 0. The first-order chi connectivity index (χ1) is 9.81. The number of anilines is 1. The molecule has 0 bridgehead atoms. The third-order valence-electron chi connectivity index (χ3n) is 3.30. The molecule has 21 heavy (non-hydrogen) atoms. The van der Waals surface area contributed by atoms with Gasteiger partial charge in [-0.2, -0.15) is 0 Å². The predicted octanol–water partition coefficient (Wildman–Crippen LogP) is 1.25. The monoisotopic (exact) mass is 313 g/mol. The molecule has 1 aromatic rings. The summed E-state index contributed by atoms with van der Waals surface area (Å²) in [5.74, 6) is 0.0499. The van der Waals surface area contributed by atoms with Gasteiger partial charge in [0.15, 0.2) is 0 Å². The molecule has 1 rings (SSSR count). The zero-order valence-corrected chi connectivity index (χ0v) is 13.5. The molecule has 3 N–H and O–H groups in total. The van der Waals surface area contributed by atoms with Gasteiger partial charge in [-0.05, 0) is 36.7 Å². The number of benzene rings is 1. The summed E-state index contributed by atoms with van der Waals surface area (Å²) in [4.78, 5) is 12.0. The van der Waals surface area contributed by atoms with Crippen LogP contribution >= 0.6 is 0 Å². The molecule has 0 aliphatic rings. The van der Waals surface area contributed by atoms with Crippen LogP contribution in [0.1, 0.15) is 19.8 Å². The molecule has 0 heterocycles. The van der Waals surface area contributed by atoms with Crippen molar-refractivity contribution in [2.45, 2.75) is 24.7 Å². The van der Waals surface area contributed by atoms with Crippen LogP contribution in [0.2, 0.25) is 0 Å². The van der Waals surface area contributed by atoms with Crippen LogP contribution in [0.15, 0.2) is 29.2 Å². The Morgan fingerprint density at radius 1 is 1.29 bits per heavy atom. The van der Waals surface area contributed by atoms with Gasteiger partial charge in [0.25, 0.3) is 0 Å². The van der Waals surface area contributed by atoms with Crippen molar-refractivity contribution >= 4 is 21.6 Å². The van der Waals surface area contributed by atoms with Crippen molar-refractivity contribution in [2.24, 2.45) is 11.7 Å². The summed E-state index contributed by atoms with van der Waals surface area (Å²) < 4.78 is 25.0. The highest BCUT2D eigenvalue weighted by molar-refractivity contribution is 7.89. The lowest BCUT2D eigenvalue weighted by Crippen LogP contribution is -2.22. The molecule has 118 valence electrons. The molecule has 0 spiro atoms. The second kappa shape index (κ2) is 7.53. The largest absolute Gasteiger partial charge is 0.330 e. The van der Waals surface area contributed by atoms with Crippen LogP contribution < -0.4 is 11.1 Å². The van der Waals surface area contributed by atoms with Gasteiger partial charge in [0.1, 0.15) is 0 Å².